The predicted octanol–water partition coefficient (Wildman–Crippen LogP) is 4.03. The maximum atomic E-state index is 3.48. The van der Waals surface area contributed by atoms with Crippen LogP contribution in [0.1, 0.15) is 45.6 Å². The molecule has 1 aromatic carbocycles. The van der Waals surface area contributed by atoms with Crippen LogP contribution in [0.25, 0.3) is 0 Å². The molecule has 0 amide bonds. The van der Waals surface area contributed by atoms with Gasteiger partial charge in [0.05, 0.1) is 0 Å². The highest BCUT2D eigenvalue weighted by atomic mass is 14.9. The lowest BCUT2D eigenvalue weighted by Gasteiger charge is -2.17. The van der Waals surface area contributed by atoms with Gasteiger partial charge in [-0.2, -0.15) is 0 Å². The monoisotopic (exact) mass is 233 g/mol. The van der Waals surface area contributed by atoms with E-state index in [2.05, 4.69) is 56.4 Å². The van der Waals surface area contributed by atoms with Crippen LogP contribution >= 0.6 is 0 Å². The summed E-state index contributed by atoms with van der Waals surface area (Å²) in [6.45, 7) is 7.92. The molecule has 2 atom stereocenters. The van der Waals surface area contributed by atoms with Gasteiger partial charge in [0, 0.05) is 6.04 Å². The molecule has 1 nitrogen and oxygen atoms in total. The predicted molar refractivity (Wildman–Crippen MR) is 76.3 cm³/mol. The van der Waals surface area contributed by atoms with Gasteiger partial charge in [0.15, 0.2) is 0 Å². The van der Waals surface area contributed by atoms with E-state index in [1.807, 2.05) is 0 Å². The van der Waals surface area contributed by atoms with Gasteiger partial charge in [0.1, 0.15) is 0 Å². The number of benzene rings is 1. The first-order valence-corrected chi connectivity index (χ1v) is 6.99. The standard InChI is InChI=1S/C16H27N/c1-4-17-15(3)13-14(2)9-8-12-16-10-6-5-7-11-16/h5-7,10-11,14-15,17H,4,8-9,12-13H2,1-3H3. The van der Waals surface area contributed by atoms with Crippen molar-refractivity contribution in [3.63, 3.8) is 0 Å². The van der Waals surface area contributed by atoms with E-state index in [-0.39, 0.29) is 0 Å². The molecular formula is C16H27N. The molecule has 0 aliphatic carbocycles. The molecule has 0 fully saturated rings. The molecular weight excluding hydrogens is 206 g/mol. The summed E-state index contributed by atoms with van der Waals surface area (Å²) in [5.41, 5.74) is 1.47. The van der Waals surface area contributed by atoms with Crippen molar-refractivity contribution >= 4 is 0 Å². The Bertz CT molecular complexity index is 281. The van der Waals surface area contributed by atoms with E-state index in [9.17, 15) is 0 Å². The minimum Gasteiger partial charge on any atom is -0.315 e. The first-order chi connectivity index (χ1) is 8.22. The Balaban J connectivity index is 2.14. The van der Waals surface area contributed by atoms with E-state index in [1.54, 1.807) is 0 Å². The molecule has 0 saturated carbocycles. The zero-order valence-corrected chi connectivity index (χ0v) is 11.6. The first-order valence-electron chi connectivity index (χ1n) is 6.99. The van der Waals surface area contributed by atoms with Crippen LogP contribution in [0, 0.1) is 5.92 Å². The molecule has 17 heavy (non-hydrogen) atoms. The fourth-order valence-electron chi connectivity index (χ4n) is 2.45. The third-order valence-electron chi connectivity index (χ3n) is 3.31. The van der Waals surface area contributed by atoms with E-state index in [1.165, 1.54) is 31.2 Å². The number of aryl methyl sites for hydroxylation is 1. The van der Waals surface area contributed by atoms with E-state index in [0.29, 0.717) is 6.04 Å². The summed E-state index contributed by atoms with van der Waals surface area (Å²) in [6.07, 6.45) is 5.16. The molecule has 0 aliphatic heterocycles. The normalized spacial score (nSPS) is 14.5. The van der Waals surface area contributed by atoms with Crippen molar-refractivity contribution in [2.75, 3.05) is 6.54 Å². The fourth-order valence-corrected chi connectivity index (χ4v) is 2.45. The van der Waals surface area contributed by atoms with Crippen LogP contribution in [0.3, 0.4) is 0 Å². The largest absolute Gasteiger partial charge is 0.315 e. The minimum atomic E-state index is 0.659. The van der Waals surface area contributed by atoms with Gasteiger partial charge in [-0.1, -0.05) is 50.6 Å². The summed E-state index contributed by atoms with van der Waals surface area (Å²) in [6, 6.07) is 11.5. The van der Waals surface area contributed by atoms with Gasteiger partial charge in [-0.05, 0) is 44.2 Å². The van der Waals surface area contributed by atoms with Crippen LogP contribution in [-0.4, -0.2) is 12.6 Å². The Kier molecular flexibility index (Phi) is 6.95. The quantitative estimate of drug-likeness (QED) is 0.714. The van der Waals surface area contributed by atoms with Gasteiger partial charge < -0.3 is 5.32 Å². The molecule has 0 radical (unpaired) electrons. The molecule has 1 heteroatoms. The van der Waals surface area contributed by atoms with Crippen LogP contribution in [-0.2, 0) is 6.42 Å². The topological polar surface area (TPSA) is 12.0 Å². The van der Waals surface area contributed by atoms with Crippen LogP contribution in [0.4, 0.5) is 0 Å². The van der Waals surface area contributed by atoms with Crippen LogP contribution < -0.4 is 5.32 Å². The van der Waals surface area contributed by atoms with Gasteiger partial charge in [0.25, 0.3) is 0 Å². The molecule has 0 spiro atoms. The van der Waals surface area contributed by atoms with E-state index >= 15 is 0 Å². The lowest BCUT2D eigenvalue weighted by Crippen LogP contribution is -2.27. The number of nitrogens with one attached hydrogen (secondary N) is 1. The zero-order chi connectivity index (χ0) is 12.5. The number of rotatable bonds is 8. The van der Waals surface area contributed by atoms with Crippen molar-refractivity contribution in [2.45, 2.75) is 52.5 Å². The summed E-state index contributed by atoms with van der Waals surface area (Å²) in [5.74, 6) is 0.827. The van der Waals surface area contributed by atoms with Gasteiger partial charge in [-0.15, -0.1) is 0 Å². The molecule has 2 unspecified atom stereocenters. The Hall–Kier alpha value is -0.820. The Labute approximate surface area is 107 Å². The van der Waals surface area contributed by atoms with Crippen LogP contribution in [0.15, 0.2) is 30.3 Å². The highest BCUT2D eigenvalue weighted by molar-refractivity contribution is 5.14. The van der Waals surface area contributed by atoms with E-state index < -0.39 is 0 Å². The second kappa shape index (κ2) is 8.30. The van der Waals surface area contributed by atoms with Gasteiger partial charge in [-0.3, -0.25) is 0 Å². The molecule has 0 aliphatic rings. The van der Waals surface area contributed by atoms with Crippen molar-refractivity contribution < 1.29 is 0 Å². The minimum absolute atomic E-state index is 0.659. The summed E-state index contributed by atoms with van der Waals surface area (Å²) in [7, 11) is 0. The van der Waals surface area contributed by atoms with Gasteiger partial charge in [0.2, 0.25) is 0 Å². The van der Waals surface area contributed by atoms with Crippen molar-refractivity contribution in [3.05, 3.63) is 35.9 Å². The molecule has 96 valence electrons. The average Bonchev–Trinajstić information content (AvgIpc) is 2.30. The smallest absolute Gasteiger partial charge is 0.00411 e. The van der Waals surface area contributed by atoms with Gasteiger partial charge in [-0.25, -0.2) is 0 Å². The molecule has 1 aromatic rings. The molecule has 0 saturated heterocycles. The molecule has 1 N–H and O–H groups in total. The average molecular weight is 233 g/mol. The Morgan fingerprint density at radius 2 is 1.82 bits per heavy atom. The SMILES string of the molecule is CCNC(C)CC(C)CCCc1ccccc1. The van der Waals surface area contributed by atoms with Crippen molar-refractivity contribution in [1.29, 1.82) is 0 Å². The van der Waals surface area contributed by atoms with E-state index in [0.717, 1.165) is 12.5 Å². The lowest BCUT2D eigenvalue weighted by atomic mass is 9.95. The van der Waals surface area contributed by atoms with Crippen LogP contribution in [0.2, 0.25) is 0 Å². The van der Waals surface area contributed by atoms with Gasteiger partial charge >= 0.3 is 0 Å². The lowest BCUT2D eigenvalue weighted by molar-refractivity contribution is 0.400. The third-order valence-corrected chi connectivity index (χ3v) is 3.31. The van der Waals surface area contributed by atoms with Crippen molar-refractivity contribution in [1.82, 2.24) is 5.32 Å². The summed E-state index contributed by atoms with van der Waals surface area (Å²) >= 11 is 0. The number of hydrogen-bond acceptors (Lipinski definition) is 1. The summed E-state index contributed by atoms with van der Waals surface area (Å²) in [4.78, 5) is 0. The second-order valence-corrected chi connectivity index (χ2v) is 5.18. The molecule has 0 bridgehead atoms. The Morgan fingerprint density at radius 3 is 2.47 bits per heavy atom. The first kappa shape index (κ1) is 14.2. The highest BCUT2D eigenvalue weighted by Gasteiger charge is 2.07. The fraction of sp³-hybridized carbons (Fsp3) is 0.625. The Morgan fingerprint density at radius 1 is 1.12 bits per heavy atom. The zero-order valence-electron chi connectivity index (χ0n) is 11.6. The molecule has 1 rings (SSSR count). The maximum absolute atomic E-state index is 3.48. The second-order valence-electron chi connectivity index (χ2n) is 5.18. The van der Waals surface area contributed by atoms with E-state index in [4.69, 9.17) is 0 Å². The van der Waals surface area contributed by atoms with Crippen LogP contribution in [0.5, 0.6) is 0 Å². The summed E-state index contributed by atoms with van der Waals surface area (Å²) in [5, 5.41) is 3.48. The summed E-state index contributed by atoms with van der Waals surface area (Å²) < 4.78 is 0. The molecule has 0 aromatic heterocycles. The third kappa shape index (κ3) is 6.48. The van der Waals surface area contributed by atoms with Crippen molar-refractivity contribution in [2.24, 2.45) is 5.92 Å². The maximum Gasteiger partial charge on any atom is 0.00411 e. The molecule has 0 heterocycles. The highest BCUT2D eigenvalue weighted by Crippen LogP contribution is 2.15. The number of hydrogen-bond donors (Lipinski definition) is 1. The van der Waals surface area contributed by atoms with Crippen molar-refractivity contribution in [3.8, 4) is 0 Å².